The van der Waals surface area contributed by atoms with Gasteiger partial charge in [0.1, 0.15) is 11.6 Å². The summed E-state index contributed by atoms with van der Waals surface area (Å²) in [7, 11) is 0. The van der Waals surface area contributed by atoms with E-state index in [2.05, 4.69) is 107 Å². The fourth-order valence-electron chi connectivity index (χ4n) is 16.1. The molecule has 10 saturated carbocycles. The molecule has 0 aliphatic heterocycles. The zero-order chi connectivity index (χ0) is 42.1. The maximum atomic E-state index is 11.0. The molecular weight excluding hydrogens is 713 g/mol. The van der Waals surface area contributed by atoms with Gasteiger partial charge in [0.15, 0.2) is 0 Å². The highest BCUT2D eigenvalue weighted by Gasteiger charge is 2.53. The van der Waals surface area contributed by atoms with Crippen LogP contribution in [-0.2, 0) is 9.59 Å². The Morgan fingerprint density at radius 3 is 0.810 bits per heavy atom. The molecule has 12 aliphatic carbocycles. The Morgan fingerprint density at radius 1 is 0.345 bits per heavy atom. The minimum absolute atomic E-state index is 0.0300. The average Bonchev–Trinajstić information content (AvgIpc) is 4.09. The first-order chi connectivity index (χ1) is 27.4. The molecule has 0 aromatic rings. The average molecular weight is 801 g/mol. The molecule has 58 heavy (non-hydrogen) atoms. The number of hydrogen-bond donors (Lipinski definition) is 2. The van der Waals surface area contributed by atoms with Gasteiger partial charge in [-0.05, 0) is 181 Å². The molecule has 26 atom stereocenters. The van der Waals surface area contributed by atoms with Crippen molar-refractivity contribution in [3.8, 4) is 0 Å². The number of aliphatic hydroxyl groups excluding tert-OH is 2. The van der Waals surface area contributed by atoms with Crippen LogP contribution >= 0.6 is 0 Å². The summed E-state index contributed by atoms with van der Waals surface area (Å²) in [5.74, 6) is 22.2. The van der Waals surface area contributed by atoms with Crippen LogP contribution in [0.25, 0.3) is 0 Å². The second-order valence-electron chi connectivity index (χ2n) is 23.6. The zero-order valence-electron chi connectivity index (χ0n) is 39.1. The van der Waals surface area contributed by atoms with Crippen LogP contribution < -0.4 is 0 Å². The van der Waals surface area contributed by atoms with Crippen LogP contribution in [0.15, 0.2) is 24.3 Å². The predicted molar refractivity (Wildman–Crippen MR) is 238 cm³/mol. The van der Waals surface area contributed by atoms with Crippen LogP contribution in [0.3, 0.4) is 0 Å². The number of aliphatic hydroxyl groups is 2. The van der Waals surface area contributed by atoms with Crippen molar-refractivity contribution in [1.82, 2.24) is 0 Å². The van der Waals surface area contributed by atoms with Gasteiger partial charge >= 0.3 is 0 Å². The molecule has 4 nitrogen and oxygen atoms in total. The summed E-state index contributed by atoms with van der Waals surface area (Å²) in [6, 6.07) is 0. The summed E-state index contributed by atoms with van der Waals surface area (Å²) in [5.41, 5.74) is 0. The topological polar surface area (TPSA) is 74.6 Å². The molecule has 4 heteroatoms. The minimum Gasteiger partial charge on any atom is -0.393 e. The molecule has 0 aromatic carbocycles. The normalized spacial score (nSPS) is 55.7. The van der Waals surface area contributed by atoms with Crippen molar-refractivity contribution in [3.63, 3.8) is 0 Å². The van der Waals surface area contributed by atoms with Gasteiger partial charge in [-0.25, -0.2) is 0 Å². The van der Waals surface area contributed by atoms with Crippen molar-refractivity contribution in [1.29, 1.82) is 0 Å². The highest BCUT2D eigenvalue weighted by atomic mass is 16.3. The molecular formula is C54H88O4. The fraction of sp³-hybridized carbons (Fsp3) is 0.889. The van der Waals surface area contributed by atoms with E-state index in [9.17, 15) is 19.8 Å². The Morgan fingerprint density at radius 2 is 0.569 bits per heavy atom. The van der Waals surface area contributed by atoms with Crippen molar-refractivity contribution in [2.75, 3.05) is 0 Å². The maximum absolute atomic E-state index is 11.0. The Balaban J connectivity index is 0.000000106. The molecule has 0 amide bonds. The highest BCUT2D eigenvalue weighted by molar-refractivity contribution is 5.82. The van der Waals surface area contributed by atoms with Gasteiger partial charge in [0, 0.05) is 25.7 Å². The van der Waals surface area contributed by atoms with Gasteiger partial charge < -0.3 is 10.2 Å². The van der Waals surface area contributed by atoms with Crippen molar-refractivity contribution in [3.05, 3.63) is 24.3 Å². The van der Waals surface area contributed by atoms with Crippen LogP contribution in [0, 0.1) is 142 Å². The SMILES string of the molecule is C[C@@H]1[C@H](C)[C@@H]2CC(=O)C[C@H]12.C[C@@H]1[C@H](C)[C@@H]2CC(O)C[C@H]12.C[C@@H]1[C@H](C)[C@@H]2CC=C[C@H]12.C[C@@H]1[C@H](C)[C@H]2C=CC[C@@H]12.C[C@@H]1[C@H](C)[C@H]2CC(=O)C[C@@H]12.C[C@@H]1[C@H](C)[C@H]2CC(O)C[C@@H]12. The quantitative estimate of drug-likeness (QED) is 0.239. The van der Waals surface area contributed by atoms with Crippen LogP contribution in [0.5, 0.6) is 0 Å². The number of rotatable bonds is 0. The molecule has 0 heterocycles. The molecule has 0 radical (unpaired) electrons. The standard InChI is InChI=1S/2C9H16O.2C9H14O.2C9H14/c4*1-5-6(2)9-4-7(10)3-8(5)9;2*1-6-7(2)9-5-3-4-8(6)9/h2*5-10H,3-4H2,1-2H3;2*5-6,8-9H,3-4H2,1-2H3;2*3-4,6-9H,5H2,1-2H3/t5-,6+,7?,8+,9-;5-,6+,7?,8-,9+;5-,6+,8+,9-;5-,6+,8-,9+;6-,7+,8+,9-;6-,7+,8-,9+/m....01/s1. The molecule has 0 bridgehead atoms. The zero-order valence-corrected chi connectivity index (χ0v) is 39.1. The van der Waals surface area contributed by atoms with E-state index in [-0.39, 0.29) is 12.2 Å². The number of allylic oxidation sites excluding steroid dienone is 4. The largest absolute Gasteiger partial charge is 0.393 e. The summed E-state index contributed by atoms with van der Waals surface area (Å²) < 4.78 is 0. The Labute approximate surface area is 356 Å². The first kappa shape index (κ1) is 44.8. The van der Waals surface area contributed by atoms with Crippen molar-refractivity contribution < 1.29 is 19.8 Å². The lowest BCUT2D eigenvalue weighted by Crippen LogP contribution is -2.39. The second-order valence-corrected chi connectivity index (χ2v) is 23.6. The van der Waals surface area contributed by atoms with Gasteiger partial charge in [-0.3, -0.25) is 9.59 Å². The van der Waals surface area contributed by atoms with Crippen LogP contribution in [0.1, 0.15) is 147 Å². The summed E-state index contributed by atoms with van der Waals surface area (Å²) >= 11 is 0. The monoisotopic (exact) mass is 801 g/mol. The van der Waals surface area contributed by atoms with Gasteiger partial charge in [-0.15, -0.1) is 0 Å². The predicted octanol–water partition coefficient (Wildman–Crippen LogP) is 12.0. The van der Waals surface area contributed by atoms with E-state index in [1.165, 1.54) is 12.8 Å². The molecule has 12 rings (SSSR count). The molecule has 12 aliphatic rings. The molecule has 2 unspecified atom stereocenters. The van der Waals surface area contributed by atoms with Gasteiger partial charge in [0.05, 0.1) is 12.2 Å². The van der Waals surface area contributed by atoms with E-state index in [0.29, 0.717) is 11.6 Å². The first-order valence-electron chi connectivity index (χ1n) is 25.1. The molecule has 0 spiro atoms. The Kier molecular flexibility index (Phi) is 13.8. The Bertz CT molecular complexity index is 1320. The van der Waals surface area contributed by atoms with E-state index in [4.69, 9.17) is 0 Å². The van der Waals surface area contributed by atoms with Crippen molar-refractivity contribution in [2.24, 2.45) is 142 Å². The summed E-state index contributed by atoms with van der Waals surface area (Å²) in [6.07, 6.45) is 20.2. The lowest BCUT2D eigenvalue weighted by Gasteiger charge is -2.45. The summed E-state index contributed by atoms with van der Waals surface area (Å²) in [5, 5.41) is 18.7. The van der Waals surface area contributed by atoms with E-state index in [1.54, 1.807) is 0 Å². The van der Waals surface area contributed by atoms with Crippen LogP contribution in [0.4, 0.5) is 0 Å². The van der Waals surface area contributed by atoms with Crippen LogP contribution in [0.2, 0.25) is 0 Å². The van der Waals surface area contributed by atoms with E-state index < -0.39 is 0 Å². The summed E-state index contributed by atoms with van der Waals surface area (Å²) in [6.45, 7) is 28.0. The highest BCUT2D eigenvalue weighted by Crippen LogP contribution is 2.57. The molecule has 0 saturated heterocycles. The smallest absolute Gasteiger partial charge is 0.133 e. The van der Waals surface area contributed by atoms with Gasteiger partial charge in [-0.2, -0.15) is 0 Å². The lowest BCUT2D eigenvalue weighted by atomic mass is 9.60. The van der Waals surface area contributed by atoms with E-state index in [0.717, 1.165) is 193 Å². The van der Waals surface area contributed by atoms with Gasteiger partial charge in [0.2, 0.25) is 0 Å². The molecule has 0 aromatic heterocycles. The second kappa shape index (κ2) is 17.8. The first-order valence-corrected chi connectivity index (χ1v) is 25.1. The van der Waals surface area contributed by atoms with E-state index in [1.807, 2.05) is 0 Å². The third-order valence-electron chi connectivity index (χ3n) is 21.7. The van der Waals surface area contributed by atoms with Gasteiger partial charge in [-0.1, -0.05) is 107 Å². The number of fused-ring (bicyclic) bond motifs is 6. The number of carbonyl (C=O) groups is 2. The molecule has 10 fully saturated rings. The number of carbonyl (C=O) groups excluding carboxylic acids is 2. The fourth-order valence-corrected chi connectivity index (χ4v) is 16.1. The number of hydrogen-bond acceptors (Lipinski definition) is 4. The minimum atomic E-state index is 0.0300. The van der Waals surface area contributed by atoms with Gasteiger partial charge in [0.25, 0.3) is 0 Å². The molecule has 328 valence electrons. The van der Waals surface area contributed by atoms with Crippen molar-refractivity contribution in [2.45, 2.75) is 160 Å². The molecule has 2 N–H and O–H groups in total. The van der Waals surface area contributed by atoms with E-state index >= 15 is 0 Å². The van der Waals surface area contributed by atoms with Crippen LogP contribution in [-0.4, -0.2) is 34.0 Å². The third-order valence-corrected chi connectivity index (χ3v) is 21.7. The summed E-state index contributed by atoms with van der Waals surface area (Å²) in [4.78, 5) is 22.0. The Hall–Kier alpha value is -1.26. The number of Topliss-reactive ketones (excluding diaryl/α,β-unsaturated/α-hetero) is 2. The van der Waals surface area contributed by atoms with Crippen molar-refractivity contribution >= 4 is 11.6 Å². The number of ketones is 2. The third kappa shape index (κ3) is 8.21. The lowest BCUT2D eigenvalue weighted by molar-refractivity contribution is -0.118. The maximum Gasteiger partial charge on any atom is 0.133 e.